The molecule has 126 valence electrons. The molecular weight excluding hydrogens is 379 g/mol. The van der Waals surface area contributed by atoms with Crippen LogP contribution in [0.3, 0.4) is 0 Å². The van der Waals surface area contributed by atoms with Gasteiger partial charge in [0.05, 0.1) is 18.1 Å². The zero-order valence-electron chi connectivity index (χ0n) is 13.2. The number of nitrogens with two attached hydrogens (primary N) is 1. The molecule has 1 aromatic rings. The lowest BCUT2D eigenvalue weighted by atomic mass is 9.82. The number of hydrogen-bond acceptors (Lipinski definition) is 5. The van der Waals surface area contributed by atoms with Crippen molar-refractivity contribution >= 4 is 21.9 Å². The molecule has 24 heavy (non-hydrogen) atoms. The lowest BCUT2D eigenvalue weighted by Gasteiger charge is -2.27. The molecule has 0 bridgehead atoms. The van der Waals surface area contributed by atoms with E-state index in [4.69, 9.17) is 15.2 Å². The predicted octanol–water partition coefficient (Wildman–Crippen LogP) is 3.37. The molecule has 0 radical (unpaired) electrons. The first-order valence-corrected chi connectivity index (χ1v) is 8.36. The van der Waals surface area contributed by atoms with Gasteiger partial charge in [-0.15, -0.1) is 0 Å². The Morgan fingerprint density at radius 1 is 1.54 bits per heavy atom. The summed E-state index contributed by atoms with van der Waals surface area (Å²) < 4.78 is 24.9. The fourth-order valence-corrected chi connectivity index (χ4v) is 2.90. The molecule has 1 unspecified atom stereocenters. The van der Waals surface area contributed by atoms with Crippen molar-refractivity contribution in [2.45, 2.75) is 25.1 Å². The molecule has 0 spiro atoms. The van der Waals surface area contributed by atoms with Crippen molar-refractivity contribution in [3.05, 3.63) is 57.9 Å². The van der Waals surface area contributed by atoms with E-state index in [0.717, 1.165) is 5.56 Å². The number of carbonyl (C=O) groups excluding carboxylic acids is 1. The van der Waals surface area contributed by atoms with Gasteiger partial charge in [0.25, 0.3) is 0 Å². The third kappa shape index (κ3) is 3.29. The van der Waals surface area contributed by atoms with Crippen LogP contribution in [0, 0.1) is 17.1 Å². The number of nitriles is 1. The minimum atomic E-state index is -0.966. The summed E-state index contributed by atoms with van der Waals surface area (Å²) in [5.41, 5.74) is 6.73. The van der Waals surface area contributed by atoms with Crippen LogP contribution in [0.2, 0.25) is 0 Å². The van der Waals surface area contributed by atoms with Crippen LogP contribution in [-0.2, 0) is 19.6 Å². The molecule has 0 aromatic heterocycles. The minimum absolute atomic E-state index is 0.0193. The second-order valence-electron chi connectivity index (χ2n) is 5.10. The molecule has 0 saturated carbocycles. The number of allylic oxidation sites excluding steroid dienone is 2. The van der Waals surface area contributed by atoms with Gasteiger partial charge in [0.1, 0.15) is 23.2 Å². The van der Waals surface area contributed by atoms with Crippen LogP contribution in [0.4, 0.5) is 4.39 Å². The third-order valence-electron chi connectivity index (χ3n) is 3.63. The molecular formula is C17H16BrFN2O3. The molecule has 1 heterocycles. The van der Waals surface area contributed by atoms with E-state index >= 15 is 0 Å². The third-order valence-corrected chi connectivity index (χ3v) is 4.28. The largest absolute Gasteiger partial charge is 0.463 e. The van der Waals surface area contributed by atoms with E-state index in [1.807, 2.05) is 6.07 Å². The Labute approximate surface area is 147 Å². The van der Waals surface area contributed by atoms with Gasteiger partial charge >= 0.3 is 5.97 Å². The van der Waals surface area contributed by atoms with Crippen LogP contribution in [0.25, 0.3) is 0 Å². The number of esters is 1. The van der Waals surface area contributed by atoms with E-state index in [9.17, 15) is 14.4 Å². The molecule has 5 nitrogen and oxygen atoms in total. The Morgan fingerprint density at radius 2 is 2.25 bits per heavy atom. The van der Waals surface area contributed by atoms with Gasteiger partial charge in [-0.05, 0) is 25.5 Å². The summed E-state index contributed by atoms with van der Waals surface area (Å²) in [4.78, 5) is 12.3. The molecule has 0 aliphatic carbocycles. The summed E-state index contributed by atoms with van der Waals surface area (Å²) in [7, 11) is 0. The maximum atomic E-state index is 14.6. The molecule has 1 aliphatic rings. The molecule has 2 N–H and O–H groups in total. The number of benzene rings is 1. The van der Waals surface area contributed by atoms with Gasteiger partial charge < -0.3 is 15.2 Å². The van der Waals surface area contributed by atoms with Crippen molar-refractivity contribution in [1.29, 1.82) is 5.26 Å². The fourth-order valence-electron chi connectivity index (χ4n) is 2.55. The van der Waals surface area contributed by atoms with Crippen molar-refractivity contribution < 1.29 is 18.7 Å². The molecule has 1 aromatic carbocycles. The van der Waals surface area contributed by atoms with Gasteiger partial charge in [0.15, 0.2) is 0 Å². The number of alkyl halides is 1. The monoisotopic (exact) mass is 394 g/mol. The summed E-state index contributed by atoms with van der Waals surface area (Å²) in [6, 6.07) is 6.52. The molecule has 2 rings (SSSR count). The van der Waals surface area contributed by atoms with E-state index < -0.39 is 17.7 Å². The van der Waals surface area contributed by atoms with Gasteiger partial charge in [-0.2, -0.15) is 5.26 Å². The Morgan fingerprint density at radius 3 is 2.79 bits per heavy atom. The Kier molecular flexibility index (Phi) is 5.62. The molecule has 7 heteroatoms. The van der Waals surface area contributed by atoms with Crippen molar-refractivity contribution in [3.63, 3.8) is 0 Å². The summed E-state index contributed by atoms with van der Waals surface area (Å²) in [5, 5.41) is 9.91. The lowest BCUT2D eigenvalue weighted by Crippen LogP contribution is -2.26. The van der Waals surface area contributed by atoms with Crippen LogP contribution in [0.15, 0.2) is 41.0 Å². The van der Waals surface area contributed by atoms with Crippen LogP contribution in [0.5, 0.6) is 0 Å². The SMILES string of the molecule is CCOC(=O)C1=C(C)OC(N)=C(C#N)C1c1ccc(CBr)cc1F. The standard InChI is InChI=1S/C17H16BrFN2O3/c1-3-23-17(22)14-9(2)24-16(21)12(8-20)15(14)11-5-4-10(7-18)6-13(11)19/h4-6,15H,3,7,21H2,1-2H3. The Hall–Kier alpha value is -2.33. The smallest absolute Gasteiger partial charge is 0.338 e. The van der Waals surface area contributed by atoms with E-state index in [0.29, 0.717) is 5.33 Å². The first-order chi connectivity index (χ1) is 11.4. The maximum Gasteiger partial charge on any atom is 0.338 e. The quantitative estimate of drug-likeness (QED) is 0.624. The first-order valence-electron chi connectivity index (χ1n) is 7.24. The van der Waals surface area contributed by atoms with Crippen molar-refractivity contribution in [2.24, 2.45) is 5.73 Å². The number of carbonyl (C=O) groups is 1. The maximum absolute atomic E-state index is 14.6. The normalized spacial score (nSPS) is 17.4. The van der Waals surface area contributed by atoms with Gasteiger partial charge in [-0.25, -0.2) is 9.18 Å². The number of hydrogen-bond donors (Lipinski definition) is 1. The topological polar surface area (TPSA) is 85.3 Å². The van der Waals surface area contributed by atoms with Crippen molar-refractivity contribution in [3.8, 4) is 6.07 Å². The van der Waals surface area contributed by atoms with Gasteiger partial charge in [0, 0.05) is 10.9 Å². The zero-order valence-corrected chi connectivity index (χ0v) is 14.8. The zero-order chi connectivity index (χ0) is 17.9. The average Bonchev–Trinajstić information content (AvgIpc) is 2.54. The molecule has 1 aliphatic heterocycles. The highest BCUT2D eigenvalue weighted by Crippen LogP contribution is 2.40. The summed E-state index contributed by atoms with van der Waals surface area (Å²) >= 11 is 3.26. The highest BCUT2D eigenvalue weighted by Gasteiger charge is 2.37. The first kappa shape index (κ1) is 18.0. The highest BCUT2D eigenvalue weighted by atomic mass is 79.9. The highest BCUT2D eigenvalue weighted by molar-refractivity contribution is 9.08. The van der Waals surface area contributed by atoms with E-state index in [1.54, 1.807) is 19.1 Å². The second-order valence-corrected chi connectivity index (χ2v) is 5.67. The fraction of sp³-hybridized carbons (Fsp3) is 0.294. The van der Waals surface area contributed by atoms with Crippen molar-refractivity contribution in [1.82, 2.24) is 0 Å². The summed E-state index contributed by atoms with van der Waals surface area (Å²) in [5.74, 6) is -2.11. The van der Waals surface area contributed by atoms with Crippen LogP contribution >= 0.6 is 15.9 Å². The number of nitrogens with zero attached hydrogens (tertiary/aromatic N) is 1. The number of ether oxygens (including phenoxy) is 2. The number of rotatable bonds is 4. The Balaban J connectivity index is 2.65. The van der Waals surface area contributed by atoms with Gasteiger partial charge in [0.2, 0.25) is 5.88 Å². The van der Waals surface area contributed by atoms with Gasteiger partial charge in [-0.1, -0.05) is 28.1 Å². The van der Waals surface area contributed by atoms with Crippen LogP contribution in [0.1, 0.15) is 30.9 Å². The minimum Gasteiger partial charge on any atom is -0.463 e. The van der Waals surface area contributed by atoms with E-state index in [1.165, 1.54) is 13.0 Å². The van der Waals surface area contributed by atoms with Crippen LogP contribution in [-0.4, -0.2) is 12.6 Å². The van der Waals surface area contributed by atoms with Gasteiger partial charge in [-0.3, -0.25) is 0 Å². The van der Waals surface area contributed by atoms with E-state index in [-0.39, 0.29) is 35.0 Å². The average molecular weight is 395 g/mol. The summed E-state index contributed by atoms with van der Waals surface area (Å²) in [6.45, 7) is 3.34. The number of halogens is 2. The van der Waals surface area contributed by atoms with Crippen LogP contribution < -0.4 is 5.73 Å². The second kappa shape index (κ2) is 7.49. The summed E-state index contributed by atoms with van der Waals surface area (Å²) in [6.07, 6.45) is 0. The van der Waals surface area contributed by atoms with E-state index in [2.05, 4.69) is 15.9 Å². The molecule has 0 amide bonds. The Bertz CT molecular complexity index is 781. The molecule has 1 atom stereocenters. The molecule has 0 saturated heterocycles. The lowest BCUT2D eigenvalue weighted by molar-refractivity contribution is -0.139. The van der Waals surface area contributed by atoms with Crippen molar-refractivity contribution in [2.75, 3.05) is 6.61 Å². The predicted molar refractivity (Wildman–Crippen MR) is 89.0 cm³/mol. The molecule has 0 fully saturated rings.